The van der Waals surface area contributed by atoms with Gasteiger partial charge in [0.25, 0.3) is 5.91 Å². The van der Waals surface area contributed by atoms with E-state index in [9.17, 15) is 4.79 Å². The fourth-order valence-corrected chi connectivity index (χ4v) is 4.87. The van der Waals surface area contributed by atoms with Gasteiger partial charge in [-0.2, -0.15) is 10.2 Å². The minimum Gasteiger partial charge on any atom is -0.497 e. The number of nitrogens with zero attached hydrogens (tertiary/aromatic N) is 5. The van der Waals surface area contributed by atoms with Crippen molar-refractivity contribution >= 4 is 23.1 Å². The molecule has 4 heterocycles. The number of fused-ring (bicyclic) bond motifs is 2. The van der Waals surface area contributed by atoms with Gasteiger partial charge in [0, 0.05) is 48.2 Å². The van der Waals surface area contributed by atoms with Crippen molar-refractivity contribution in [3.8, 4) is 17.0 Å². The molecule has 6 rings (SSSR count). The number of H-pyrrole nitrogens is 1. The monoisotopic (exact) mass is 493 g/mol. The molecular formula is C28H27N7O2. The smallest absolute Gasteiger partial charge is 0.276 e. The molecule has 2 N–H and O–H groups in total. The average Bonchev–Trinajstić information content (AvgIpc) is 3.66. The fraction of sp³-hybridized carbons (Fsp3) is 0.214. The van der Waals surface area contributed by atoms with Crippen LogP contribution in [0.15, 0.2) is 67.0 Å². The van der Waals surface area contributed by atoms with Crippen LogP contribution in [0.5, 0.6) is 5.75 Å². The van der Waals surface area contributed by atoms with Crippen molar-refractivity contribution in [2.45, 2.75) is 32.9 Å². The predicted molar refractivity (Wildman–Crippen MR) is 142 cm³/mol. The van der Waals surface area contributed by atoms with Crippen molar-refractivity contribution in [1.82, 2.24) is 24.8 Å². The van der Waals surface area contributed by atoms with Crippen molar-refractivity contribution in [3.05, 3.63) is 89.4 Å². The molecule has 37 heavy (non-hydrogen) atoms. The van der Waals surface area contributed by atoms with E-state index in [0.29, 0.717) is 22.8 Å². The molecular weight excluding hydrogens is 466 g/mol. The van der Waals surface area contributed by atoms with Crippen LogP contribution in [0.4, 0.5) is 11.5 Å². The van der Waals surface area contributed by atoms with Gasteiger partial charge in [-0.25, -0.2) is 9.50 Å². The maximum Gasteiger partial charge on any atom is 0.276 e. The quantitative estimate of drug-likeness (QED) is 0.344. The van der Waals surface area contributed by atoms with E-state index in [0.717, 1.165) is 35.7 Å². The van der Waals surface area contributed by atoms with E-state index in [1.807, 2.05) is 30.5 Å². The van der Waals surface area contributed by atoms with Crippen LogP contribution in [-0.2, 0) is 13.1 Å². The van der Waals surface area contributed by atoms with Gasteiger partial charge in [-0.05, 0) is 29.2 Å². The number of aromatic nitrogens is 5. The van der Waals surface area contributed by atoms with Crippen LogP contribution < -0.4 is 15.0 Å². The number of rotatable bonds is 6. The number of nitrogens with one attached hydrogen (secondary N) is 2. The highest BCUT2D eigenvalue weighted by Crippen LogP contribution is 2.34. The Morgan fingerprint density at radius 3 is 2.54 bits per heavy atom. The van der Waals surface area contributed by atoms with Crippen LogP contribution >= 0.6 is 0 Å². The molecule has 0 aliphatic carbocycles. The Bertz CT molecular complexity index is 1580. The molecule has 0 fully saturated rings. The molecule has 1 aliphatic heterocycles. The zero-order valence-electron chi connectivity index (χ0n) is 20.9. The zero-order chi connectivity index (χ0) is 25.5. The summed E-state index contributed by atoms with van der Waals surface area (Å²) in [6.45, 7) is 5.66. The van der Waals surface area contributed by atoms with Crippen LogP contribution in [-0.4, -0.2) is 37.8 Å². The summed E-state index contributed by atoms with van der Waals surface area (Å²) >= 11 is 0. The second-order valence-electron chi connectivity index (χ2n) is 9.45. The van der Waals surface area contributed by atoms with Crippen LogP contribution in [0.2, 0.25) is 0 Å². The summed E-state index contributed by atoms with van der Waals surface area (Å²) in [4.78, 5) is 20.8. The predicted octanol–water partition coefficient (Wildman–Crippen LogP) is 5.02. The summed E-state index contributed by atoms with van der Waals surface area (Å²) in [6, 6.07) is 17.7. The molecule has 0 spiro atoms. The van der Waals surface area contributed by atoms with Gasteiger partial charge >= 0.3 is 0 Å². The molecule has 2 aromatic carbocycles. The first-order valence-corrected chi connectivity index (χ1v) is 12.2. The SMILES string of the molecule is COc1cccc(NC(=O)c2nn3c(-c4cn[nH]c4)cc(N4Cc5ccccc5C4)nc3c2C(C)C)c1. The van der Waals surface area contributed by atoms with Gasteiger partial charge in [-0.3, -0.25) is 9.89 Å². The Morgan fingerprint density at radius 1 is 1.08 bits per heavy atom. The Labute approximate surface area is 214 Å². The topological polar surface area (TPSA) is 100 Å². The number of hydrogen-bond acceptors (Lipinski definition) is 6. The third kappa shape index (κ3) is 4.08. The molecule has 0 unspecified atom stereocenters. The molecule has 1 amide bonds. The molecule has 1 aliphatic rings. The van der Waals surface area contributed by atoms with Crippen molar-refractivity contribution in [3.63, 3.8) is 0 Å². The van der Waals surface area contributed by atoms with Gasteiger partial charge in [-0.15, -0.1) is 0 Å². The Hall–Kier alpha value is -4.66. The maximum absolute atomic E-state index is 13.5. The number of carbonyl (C=O) groups excluding carboxylic acids is 1. The molecule has 0 saturated heterocycles. The van der Waals surface area contributed by atoms with E-state index >= 15 is 0 Å². The first-order chi connectivity index (χ1) is 18.0. The highest BCUT2D eigenvalue weighted by molar-refractivity contribution is 6.05. The van der Waals surface area contributed by atoms with E-state index in [1.165, 1.54) is 11.1 Å². The zero-order valence-corrected chi connectivity index (χ0v) is 20.9. The molecule has 3 aromatic heterocycles. The lowest BCUT2D eigenvalue weighted by atomic mass is 10.0. The first-order valence-electron chi connectivity index (χ1n) is 12.2. The minimum absolute atomic E-state index is 0.0132. The van der Waals surface area contributed by atoms with Crippen LogP contribution in [0.1, 0.15) is 46.9 Å². The van der Waals surface area contributed by atoms with Gasteiger partial charge in [0.15, 0.2) is 11.3 Å². The normalized spacial score (nSPS) is 12.8. The third-order valence-electron chi connectivity index (χ3n) is 6.69. The molecule has 9 nitrogen and oxygen atoms in total. The standard InChI is InChI=1S/C28H27N7O2/c1-17(2)25-26(28(36)31-21-9-6-10-22(11-21)37-3)33-35-23(20-13-29-30-14-20)12-24(32-27(25)35)34-15-18-7-4-5-8-19(18)16-34/h4-14,17H,15-16H2,1-3H3,(H,29,30)(H,31,36). The lowest BCUT2D eigenvalue weighted by Crippen LogP contribution is -2.17. The molecule has 0 saturated carbocycles. The number of hydrogen-bond donors (Lipinski definition) is 2. The number of aromatic amines is 1. The first kappa shape index (κ1) is 22.8. The number of amides is 1. The molecule has 9 heteroatoms. The van der Waals surface area contributed by atoms with Gasteiger partial charge in [-0.1, -0.05) is 44.2 Å². The van der Waals surface area contributed by atoms with Gasteiger partial charge in [0.1, 0.15) is 11.6 Å². The largest absolute Gasteiger partial charge is 0.497 e. The van der Waals surface area contributed by atoms with Crippen molar-refractivity contribution in [2.24, 2.45) is 0 Å². The van der Waals surface area contributed by atoms with E-state index in [1.54, 1.807) is 23.9 Å². The fourth-order valence-electron chi connectivity index (χ4n) is 4.87. The number of ether oxygens (including phenoxy) is 1. The second kappa shape index (κ2) is 9.09. The summed E-state index contributed by atoms with van der Waals surface area (Å²) in [5, 5.41) is 14.8. The van der Waals surface area contributed by atoms with Crippen LogP contribution in [0.25, 0.3) is 16.9 Å². The van der Waals surface area contributed by atoms with E-state index < -0.39 is 0 Å². The highest BCUT2D eigenvalue weighted by atomic mass is 16.5. The summed E-state index contributed by atoms with van der Waals surface area (Å²) in [6.07, 6.45) is 3.58. The summed E-state index contributed by atoms with van der Waals surface area (Å²) in [5.41, 5.74) is 6.70. The molecule has 0 radical (unpaired) electrons. The van der Waals surface area contributed by atoms with E-state index in [2.05, 4.69) is 58.5 Å². The number of anilines is 2. The van der Waals surface area contributed by atoms with Gasteiger partial charge in [0.05, 0.1) is 19.0 Å². The minimum atomic E-state index is -0.296. The van der Waals surface area contributed by atoms with E-state index in [-0.39, 0.29) is 11.8 Å². The lowest BCUT2D eigenvalue weighted by Gasteiger charge is -2.18. The van der Waals surface area contributed by atoms with Crippen molar-refractivity contribution < 1.29 is 9.53 Å². The third-order valence-corrected chi connectivity index (χ3v) is 6.69. The average molecular weight is 494 g/mol. The molecule has 5 aromatic rings. The van der Waals surface area contributed by atoms with Crippen molar-refractivity contribution in [2.75, 3.05) is 17.3 Å². The molecule has 0 atom stereocenters. The Morgan fingerprint density at radius 2 is 1.86 bits per heavy atom. The summed E-state index contributed by atoms with van der Waals surface area (Å²) in [7, 11) is 1.60. The highest BCUT2D eigenvalue weighted by Gasteiger charge is 2.27. The van der Waals surface area contributed by atoms with Gasteiger partial charge in [0.2, 0.25) is 0 Å². The van der Waals surface area contributed by atoms with Crippen LogP contribution in [0, 0.1) is 0 Å². The maximum atomic E-state index is 13.5. The summed E-state index contributed by atoms with van der Waals surface area (Å²) in [5.74, 6) is 1.22. The number of benzene rings is 2. The molecule has 186 valence electrons. The number of methoxy groups -OCH3 is 1. The second-order valence-corrected chi connectivity index (χ2v) is 9.45. The summed E-state index contributed by atoms with van der Waals surface area (Å²) < 4.78 is 7.06. The Kier molecular flexibility index (Phi) is 5.60. The van der Waals surface area contributed by atoms with Crippen molar-refractivity contribution in [1.29, 1.82) is 0 Å². The number of carbonyl (C=O) groups is 1. The Balaban J connectivity index is 1.48. The lowest BCUT2D eigenvalue weighted by molar-refractivity contribution is 0.102. The molecule has 0 bridgehead atoms. The van der Waals surface area contributed by atoms with Gasteiger partial charge < -0.3 is 15.0 Å². The van der Waals surface area contributed by atoms with Crippen LogP contribution in [0.3, 0.4) is 0 Å². The van der Waals surface area contributed by atoms with E-state index in [4.69, 9.17) is 14.8 Å².